The highest BCUT2D eigenvalue weighted by Crippen LogP contribution is 2.33. The highest BCUT2D eigenvalue weighted by atomic mass is 79.9. The average Bonchev–Trinajstić information content (AvgIpc) is 2.67. The minimum absolute atomic E-state index is 0.114. The van der Waals surface area contributed by atoms with Gasteiger partial charge in [0, 0.05) is 17.9 Å². The minimum atomic E-state index is -0.114. The third-order valence-electron chi connectivity index (χ3n) is 2.80. The smallest absolute Gasteiger partial charge is 0.208 e. The van der Waals surface area contributed by atoms with E-state index in [4.69, 9.17) is 4.74 Å². The van der Waals surface area contributed by atoms with Gasteiger partial charge in [-0.3, -0.25) is 4.90 Å². The molecule has 0 saturated carbocycles. The molecule has 2 aliphatic heterocycles. The van der Waals surface area contributed by atoms with Crippen LogP contribution in [0.1, 0.15) is 6.42 Å². The summed E-state index contributed by atoms with van der Waals surface area (Å²) in [6.45, 7) is 2.88. The summed E-state index contributed by atoms with van der Waals surface area (Å²) in [4.78, 5) is 7.38. The Hall–Kier alpha value is 0.130. The van der Waals surface area contributed by atoms with Crippen molar-refractivity contribution in [3.05, 3.63) is 12.2 Å². The number of rotatable bonds is 1. The molecule has 2 atom stereocenters. The molecule has 2 aliphatic rings. The summed E-state index contributed by atoms with van der Waals surface area (Å²) in [5, 5.41) is 0. The van der Waals surface area contributed by atoms with E-state index in [1.807, 2.05) is 6.08 Å². The zero-order chi connectivity index (χ0) is 10.9. The number of aliphatic imine (C=N–C) groups is 1. The number of methoxy groups -OCH3 is 1. The molecule has 0 spiro atoms. The van der Waals surface area contributed by atoms with Gasteiger partial charge in [-0.1, -0.05) is 31.9 Å². The van der Waals surface area contributed by atoms with Crippen molar-refractivity contribution in [2.45, 2.75) is 15.7 Å². The Morgan fingerprint density at radius 1 is 1.67 bits per heavy atom. The topological polar surface area (TPSA) is 24.8 Å². The van der Waals surface area contributed by atoms with Crippen molar-refractivity contribution in [3.63, 3.8) is 0 Å². The van der Waals surface area contributed by atoms with Gasteiger partial charge in [0.1, 0.15) is 4.45 Å². The van der Waals surface area contributed by atoms with E-state index in [2.05, 4.69) is 47.8 Å². The Kier molecular flexibility index (Phi) is 3.52. The summed E-state index contributed by atoms with van der Waals surface area (Å²) < 4.78 is 4.97. The van der Waals surface area contributed by atoms with Gasteiger partial charge in [0.2, 0.25) is 5.90 Å². The van der Waals surface area contributed by atoms with Gasteiger partial charge in [-0.15, -0.1) is 0 Å². The molecule has 0 aromatic rings. The third kappa shape index (κ3) is 2.45. The van der Waals surface area contributed by atoms with E-state index in [1.165, 1.54) is 6.42 Å². The molecular weight excluding hydrogens is 324 g/mol. The van der Waals surface area contributed by atoms with Crippen LogP contribution < -0.4 is 0 Å². The highest BCUT2D eigenvalue weighted by Gasteiger charge is 2.37. The number of hydrogen-bond donors (Lipinski definition) is 0. The fourth-order valence-corrected chi connectivity index (χ4v) is 3.02. The number of likely N-dealkylation sites (tertiary alicyclic amines) is 1. The van der Waals surface area contributed by atoms with E-state index in [-0.39, 0.29) is 4.45 Å². The molecule has 0 radical (unpaired) electrons. The van der Waals surface area contributed by atoms with Gasteiger partial charge in [0.15, 0.2) is 0 Å². The monoisotopic (exact) mass is 336 g/mol. The van der Waals surface area contributed by atoms with Crippen LogP contribution in [0.5, 0.6) is 0 Å². The maximum Gasteiger partial charge on any atom is 0.208 e. The Bertz CT molecular complexity index is 306. The lowest BCUT2D eigenvalue weighted by Crippen LogP contribution is -2.44. The average molecular weight is 338 g/mol. The Morgan fingerprint density at radius 3 is 2.93 bits per heavy atom. The summed E-state index contributed by atoms with van der Waals surface area (Å²) in [5.41, 5.74) is 0. The second-order valence-electron chi connectivity index (χ2n) is 3.84. The maximum atomic E-state index is 5.08. The van der Waals surface area contributed by atoms with Crippen LogP contribution >= 0.6 is 31.9 Å². The molecular formula is C10H14Br2N2O. The molecule has 0 N–H and O–H groups in total. The quantitative estimate of drug-likeness (QED) is 0.541. The van der Waals surface area contributed by atoms with Crippen LogP contribution in [0.15, 0.2) is 17.1 Å². The van der Waals surface area contributed by atoms with Crippen molar-refractivity contribution in [3.8, 4) is 0 Å². The third-order valence-corrected chi connectivity index (χ3v) is 4.57. The van der Waals surface area contributed by atoms with Crippen LogP contribution in [0, 0.1) is 0 Å². The zero-order valence-electron chi connectivity index (χ0n) is 8.62. The van der Waals surface area contributed by atoms with Crippen molar-refractivity contribution in [2.75, 3.05) is 26.7 Å². The predicted molar refractivity (Wildman–Crippen MR) is 69.0 cm³/mol. The van der Waals surface area contributed by atoms with E-state index in [1.54, 1.807) is 7.11 Å². The molecule has 0 amide bonds. The molecule has 2 heterocycles. The summed E-state index contributed by atoms with van der Waals surface area (Å²) in [5.74, 6) is 0.708. The van der Waals surface area contributed by atoms with Gasteiger partial charge >= 0.3 is 0 Å². The van der Waals surface area contributed by atoms with Crippen LogP contribution in [0.4, 0.5) is 0 Å². The summed E-state index contributed by atoms with van der Waals surface area (Å²) in [6, 6.07) is 0. The van der Waals surface area contributed by atoms with Gasteiger partial charge in [-0.2, -0.15) is 0 Å². The summed E-state index contributed by atoms with van der Waals surface area (Å²) in [7, 11) is 1.65. The van der Waals surface area contributed by atoms with Gasteiger partial charge < -0.3 is 4.74 Å². The fraction of sp³-hybridized carbons (Fsp3) is 0.700. The van der Waals surface area contributed by atoms with Crippen LogP contribution in [-0.4, -0.2) is 46.8 Å². The van der Waals surface area contributed by atoms with E-state index in [0.29, 0.717) is 17.3 Å². The molecule has 1 saturated heterocycles. The second kappa shape index (κ2) is 4.55. The van der Waals surface area contributed by atoms with Crippen molar-refractivity contribution in [1.82, 2.24) is 4.90 Å². The summed E-state index contributed by atoms with van der Waals surface area (Å²) in [6.07, 6.45) is 5.26. The molecule has 0 bridgehead atoms. The molecule has 1 fully saturated rings. The molecule has 2 rings (SSSR count). The zero-order valence-corrected chi connectivity index (χ0v) is 11.8. The van der Waals surface area contributed by atoms with Gasteiger partial charge in [0.25, 0.3) is 0 Å². The number of dihydropyridines is 1. The second-order valence-corrected chi connectivity index (χ2v) is 6.51. The van der Waals surface area contributed by atoms with E-state index in [0.717, 1.165) is 13.1 Å². The van der Waals surface area contributed by atoms with E-state index in [9.17, 15) is 0 Å². The normalized spacial score (nSPS) is 36.7. The highest BCUT2D eigenvalue weighted by molar-refractivity contribution is 9.10. The lowest BCUT2D eigenvalue weighted by Gasteiger charge is -2.34. The molecule has 0 aliphatic carbocycles. The van der Waals surface area contributed by atoms with Crippen molar-refractivity contribution in [1.29, 1.82) is 0 Å². The molecule has 15 heavy (non-hydrogen) atoms. The first-order valence-electron chi connectivity index (χ1n) is 5.00. The minimum Gasteiger partial charge on any atom is -0.481 e. The lowest BCUT2D eigenvalue weighted by atomic mass is 10.2. The SMILES string of the molecule is COC1=NC[C@](Br)(N2CC[C@@H](Br)C2)C=C1. The first-order chi connectivity index (χ1) is 7.14. The van der Waals surface area contributed by atoms with Gasteiger partial charge in [0.05, 0.1) is 13.7 Å². The predicted octanol–water partition coefficient (Wildman–Crippen LogP) is 2.16. The van der Waals surface area contributed by atoms with Gasteiger partial charge in [-0.25, -0.2) is 4.99 Å². The molecule has 3 nitrogen and oxygen atoms in total. The van der Waals surface area contributed by atoms with E-state index < -0.39 is 0 Å². The number of alkyl halides is 2. The Morgan fingerprint density at radius 2 is 2.47 bits per heavy atom. The molecule has 0 aromatic carbocycles. The van der Waals surface area contributed by atoms with Crippen LogP contribution in [-0.2, 0) is 4.74 Å². The Balaban J connectivity index is 2.04. The molecule has 0 aromatic heterocycles. The largest absolute Gasteiger partial charge is 0.481 e. The number of halogens is 2. The van der Waals surface area contributed by atoms with Crippen LogP contribution in [0.3, 0.4) is 0 Å². The molecule has 84 valence electrons. The summed E-state index contributed by atoms with van der Waals surface area (Å²) >= 11 is 7.41. The van der Waals surface area contributed by atoms with Crippen LogP contribution in [0.25, 0.3) is 0 Å². The van der Waals surface area contributed by atoms with Gasteiger partial charge in [-0.05, 0) is 18.6 Å². The standard InChI is InChI=1S/C10H14Br2N2O/c1-15-9-2-4-10(12,7-13-9)14-5-3-8(11)6-14/h2,4,8H,3,5-7H2,1H3/t8-,10-/m1/s1. The van der Waals surface area contributed by atoms with E-state index >= 15 is 0 Å². The Labute approximate surface area is 107 Å². The van der Waals surface area contributed by atoms with Crippen molar-refractivity contribution >= 4 is 37.8 Å². The lowest BCUT2D eigenvalue weighted by molar-refractivity contribution is 0.263. The fourth-order valence-electron chi connectivity index (χ4n) is 1.89. The maximum absolute atomic E-state index is 5.08. The number of nitrogens with zero attached hydrogens (tertiary/aromatic N) is 2. The van der Waals surface area contributed by atoms with Crippen LogP contribution in [0.2, 0.25) is 0 Å². The van der Waals surface area contributed by atoms with Crippen molar-refractivity contribution < 1.29 is 4.74 Å². The van der Waals surface area contributed by atoms with Crippen molar-refractivity contribution in [2.24, 2.45) is 4.99 Å². The number of hydrogen-bond acceptors (Lipinski definition) is 3. The number of ether oxygens (including phenoxy) is 1. The first-order valence-corrected chi connectivity index (χ1v) is 6.70. The molecule has 5 heteroatoms. The first kappa shape index (κ1) is 11.6. The molecule has 0 unspecified atom stereocenters.